The fraction of sp³-hybridized carbons (Fsp3) is 0.250. The average molecular weight is 417 g/mol. The first kappa shape index (κ1) is 19.0. The molecule has 1 fully saturated rings. The molecule has 1 N–H and O–H groups in total. The Bertz CT molecular complexity index is 1070. The molecule has 2 aromatic carbocycles. The number of benzene rings is 2. The van der Waals surface area contributed by atoms with Gasteiger partial charge in [0, 0.05) is 27.4 Å². The second kappa shape index (κ2) is 7.93. The maximum absolute atomic E-state index is 13.0. The molecule has 28 heavy (non-hydrogen) atoms. The van der Waals surface area contributed by atoms with E-state index in [1.54, 1.807) is 16.7 Å². The number of nitrogens with one attached hydrogen (secondary N) is 1. The molecule has 1 saturated carbocycles. The number of rotatable bonds is 6. The molecular formula is C20H18ClFN4OS. The summed E-state index contributed by atoms with van der Waals surface area (Å²) in [6.07, 6.45) is 1.89. The maximum Gasteiger partial charge on any atom is 0.278 e. The standard InChI is InChI=1S/C20H18ClFN4OS/c1-12-16(21)3-2-4-17(12)23-20-25-24-18(19(27)26(20)14-7-8-14)11-28-15-9-5-13(22)6-10-15/h2-6,9-10,14H,7-8,11H2,1H3,(H,23,25). The Morgan fingerprint density at radius 2 is 1.96 bits per heavy atom. The van der Waals surface area contributed by atoms with Crippen molar-refractivity contribution in [2.75, 3.05) is 5.32 Å². The Morgan fingerprint density at radius 1 is 1.21 bits per heavy atom. The molecule has 0 saturated heterocycles. The lowest BCUT2D eigenvalue weighted by molar-refractivity contribution is 0.626. The van der Waals surface area contributed by atoms with Gasteiger partial charge in [-0.05, 0) is 61.7 Å². The number of nitrogens with zero attached hydrogens (tertiary/aromatic N) is 3. The van der Waals surface area contributed by atoms with E-state index in [-0.39, 0.29) is 17.4 Å². The minimum absolute atomic E-state index is 0.138. The van der Waals surface area contributed by atoms with E-state index in [1.165, 1.54) is 23.9 Å². The van der Waals surface area contributed by atoms with Crippen LogP contribution in [0.15, 0.2) is 52.2 Å². The van der Waals surface area contributed by atoms with Gasteiger partial charge in [-0.2, -0.15) is 0 Å². The quantitative estimate of drug-likeness (QED) is 0.566. The van der Waals surface area contributed by atoms with Gasteiger partial charge in [-0.15, -0.1) is 22.0 Å². The predicted octanol–water partition coefficient (Wildman–Crippen LogP) is 5.11. The third kappa shape index (κ3) is 4.05. The van der Waals surface area contributed by atoms with Crippen molar-refractivity contribution in [2.24, 2.45) is 0 Å². The first-order valence-electron chi connectivity index (χ1n) is 8.91. The van der Waals surface area contributed by atoms with Gasteiger partial charge in [-0.1, -0.05) is 17.7 Å². The third-order valence-corrected chi connectivity index (χ3v) is 6.01. The number of hydrogen-bond acceptors (Lipinski definition) is 5. The number of anilines is 2. The van der Waals surface area contributed by atoms with Gasteiger partial charge in [0.1, 0.15) is 11.5 Å². The first-order chi connectivity index (χ1) is 13.5. The molecular weight excluding hydrogens is 399 g/mol. The van der Waals surface area contributed by atoms with Crippen LogP contribution in [0.5, 0.6) is 0 Å². The van der Waals surface area contributed by atoms with Crippen molar-refractivity contribution in [3.8, 4) is 0 Å². The molecule has 8 heteroatoms. The molecule has 0 atom stereocenters. The van der Waals surface area contributed by atoms with Crippen molar-refractivity contribution in [2.45, 2.75) is 36.5 Å². The normalized spacial score (nSPS) is 13.5. The maximum atomic E-state index is 13.0. The van der Waals surface area contributed by atoms with Crippen molar-refractivity contribution in [3.63, 3.8) is 0 Å². The molecule has 0 bridgehead atoms. The fourth-order valence-corrected chi connectivity index (χ4v) is 3.81. The Labute approximate surface area is 171 Å². The van der Waals surface area contributed by atoms with E-state index < -0.39 is 0 Å². The largest absolute Gasteiger partial charge is 0.324 e. The summed E-state index contributed by atoms with van der Waals surface area (Å²) in [5, 5.41) is 12.3. The molecule has 0 amide bonds. The minimum Gasteiger partial charge on any atom is -0.324 e. The molecule has 1 aliphatic rings. The number of hydrogen-bond donors (Lipinski definition) is 1. The highest BCUT2D eigenvalue weighted by Gasteiger charge is 2.29. The van der Waals surface area contributed by atoms with Gasteiger partial charge >= 0.3 is 0 Å². The van der Waals surface area contributed by atoms with Gasteiger partial charge in [0.05, 0.1) is 0 Å². The number of thioether (sulfide) groups is 1. The summed E-state index contributed by atoms with van der Waals surface area (Å²) >= 11 is 7.62. The van der Waals surface area contributed by atoms with E-state index in [4.69, 9.17) is 11.6 Å². The van der Waals surface area contributed by atoms with E-state index in [9.17, 15) is 9.18 Å². The second-order valence-corrected chi connectivity index (χ2v) is 8.11. The Balaban J connectivity index is 1.60. The highest BCUT2D eigenvalue weighted by atomic mass is 35.5. The van der Waals surface area contributed by atoms with Crippen LogP contribution in [-0.4, -0.2) is 14.8 Å². The van der Waals surface area contributed by atoms with Crippen LogP contribution in [0.1, 0.15) is 30.1 Å². The van der Waals surface area contributed by atoms with Crippen molar-refractivity contribution in [3.05, 3.63) is 74.9 Å². The van der Waals surface area contributed by atoms with Crippen LogP contribution >= 0.6 is 23.4 Å². The topological polar surface area (TPSA) is 59.8 Å². The Kier molecular flexibility index (Phi) is 5.37. The van der Waals surface area contributed by atoms with Gasteiger partial charge in [0.2, 0.25) is 5.95 Å². The molecule has 0 spiro atoms. The smallest absolute Gasteiger partial charge is 0.278 e. The van der Waals surface area contributed by atoms with Crippen molar-refractivity contribution in [1.29, 1.82) is 0 Å². The van der Waals surface area contributed by atoms with Gasteiger partial charge in [0.15, 0.2) is 0 Å². The summed E-state index contributed by atoms with van der Waals surface area (Å²) < 4.78 is 14.7. The Morgan fingerprint density at radius 3 is 2.68 bits per heavy atom. The highest BCUT2D eigenvalue weighted by Crippen LogP contribution is 2.36. The lowest BCUT2D eigenvalue weighted by Crippen LogP contribution is -2.28. The van der Waals surface area contributed by atoms with Crippen LogP contribution < -0.4 is 10.9 Å². The van der Waals surface area contributed by atoms with Crippen LogP contribution in [0.4, 0.5) is 16.0 Å². The lowest BCUT2D eigenvalue weighted by Gasteiger charge is -2.15. The van der Waals surface area contributed by atoms with Gasteiger partial charge < -0.3 is 5.32 Å². The van der Waals surface area contributed by atoms with Crippen LogP contribution in [-0.2, 0) is 5.75 Å². The lowest BCUT2D eigenvalue weighted by atomic mass is 10.2. The predicted molar refractivity (Wildman–Crippen MR) is 110 cm³/mol. The van der Waals surface area contributed by atoms with E-state index in [0.717, 1.165) is 29.0 Å². The average Bonchev–Trinajstić information content (AvgIpc) is 3.51. The molecule has 4 rings (SSSR count). The fourth-order valence-electron chi connectivity index (χ4n) is 2.83. The molecule has 0 aliphatic heterocycles. The van der Waals surface area contributed by atoms with E-state index >= 15 is 0 Å². The minimum atomic E-state index is -0.285. The summed E-state index contributed by atoms with van der Waals surface area (Å²) in [6.45, 7) is 1.91. The van der Waals surface area contributed by atoms with Gasteiger partial charge in [-0.25, -0.2) is 4.39 Å². The van der Waals surface area contributed by atoms with E-state index in [0.29, 0.717) is 22.4 Å². The monoisotopic (exact) mass is 416 g/mol. The number of aromatic nitrogens is 3. The van der Waals surface area contributed by atoms with Crippen LogP contribution in [0.3, 0.4) is 0 Å². The molecule has 1 heterocycles. The summed E-state index contributed by atoms with van der Waals surface area (Å²) in [4.78, 5) is 13.9. The second-order valence-electron chi connectivity index (χ2n) is 6.66. The van der Waals surface area contributed by atoms with E-state index in [2.05, 4.69) is 15.5 Å². The zero-order valence-electron chi connectivity index (χ0n) is 15.2. The van der Waals surface area contributed by atoms with E-state index in [1.807, 2.05) is 25.1 Å². The zero-order chi connectivity index (χ0) is 19.7. The Hall–Kier alpha value is -2.38. The van der Waals surface area contributed by atoms with Crippen LogP contribution in [0, 0.1) is 12.7 Å². The summed E-state index contributed by atoms with van der Waals surface area (Å²) in [5.74, 6) is 0.515. The first-order valence-corrected chi connectivity index (χ1v) is 10.3. The van der Waals surface area contributed by atoms with Crippen molar-refractivity contribution in [1.82, 2.24) is 14.8 Å². The molecule has 0 unspecified atom stereocenters. The zero-order valence-corrected chi connectivity index (χ0v) is 16.7. The molecule has 0 radical (unpaired) electrons. The highest BCUT2D eigenvalue weighted by molar-refractivity contribution is 7.98. The van der Waals surface area contributed by atoms with Crippen LogP contribution in [0.25, 0.3) is 0 Å². The summed E-state index contributed by atoms with van der Waals surface area (Å²) in [7, 11) is 0. The van der Waals surface area contributed by atoms with Crippen molar-refractivity contribution >= 4 is 35.0 Å². The molecule has 5 nitrogen and oxygen atoms in total. The summed E-state index contributed by atoms with van der Waals surface area (Å²) in [5.41, 5.74) is 1.92. The molecule has 1 aromatic heterocycles. The number of halogens is 2. The molecule has 1 aliphatic carbocycles. The molecule has 144 valence electrons. The van der Waals surface area contributed by atoms with Gasteiger partial charge in [0.25, 0.3) is 5.56 Å². The SMILES string of the molecule is Cc1c(Cl)cccc1Nc1nnc(CSc2ccc(F)cc2)c(=O)n1C1CC1. The summed E-state index contributed by atoms with van der Waals surface area (Å²) in [6, 6.07) is 11.9. The third-order valence-electron chi connectivity index (χ3n) is 4.57. The molecule has 3 aromatic rings. The van der Waals surface area contributed by atoms with Crippen LogP contribution in [0.2, 0.25) is 5.02 Å². The van der Waals surface area contributed by atoms with Gasteiger partial charge in [-0.3, -0.25) is 9.36 Å². The van der Waals surface area contributed by atoms with Crippen molar-refractivity contribution < 1.29 is 4.39 Å².